The van der Waals surface area contributed by atoms with Gasteiger partial charge in [0.25, 0.3) is 0 Å². The summed E-state index contributed by atoms with van der Waals surface area (Å²) in [6, 6.07) is 19.9. The summed E-state index contributed by atoms with van der Waals surface area (Å²) in [5.41, 5.74) is 5.36. The molecule has 0 bridgehead atoms. The molecule has 0 unspecified atom stereocenters. The lowest BCUT2D eigenvalue weighted by Crippen LogP contribution is -2.44. The summed E-state index contributed by atoms with van der Waals surface area (Å²) >= 11 is 6.77. The summed E-state index contributed by atoms with van der Waals surface area (Å²) in [6.45, 7) is 1.17. The van der Waals surface area contributed by atoms with Crippen molar-refractivity contribution in [2.75, 3.05) is 13.1 Å². The molecule has 0 spiro atoms. The van der Waals surface area contributed by atoms with E-state index in [-0.39, 0.29) is 25.1 Å². The molecule has 9 heteroatoms. The van der Waals surface area contributed by atoms with Crippen molar-refractivity contribution in [1.82, 2.24) is 9.88 Å². The second kappa shape index (κ2) is 12.7. The van der Waals surface area contributed by atoms with Gasteiger partial charge in [-0.3, -0.25) is 9.88 Å². The first-order valence-corrected chi connectivity index (χ1v) is 14.6. The minimum atomic E-state index is -1.33. The Balaban J connectivity index is 1.28. The van der Waals surface area contributed by atoms with E-state index in [9.17, 15) is 19.1 Å². The summed E-state index contributed by atoms with van der Waals surface area (Å²) in [4.78, 5) is 6.03. The fraction of sp³-hybridized carbons (Fsp3) is 0.294. The number of hydrogen-bond donors (Lipinski definition) is 1. The number of likely N-dealkylation sites (tertiary alicyclic amines) is 1. The van der Waals surface area contributed by atoms with E-state index >= 15 is 0 Å². The van der Waals surface area contributed by atoms with Crippen LogP contribution in [-0.2, 0) is 19.6 Å². The number of piperidine rings is 1. The molecule has 3 atom stereocenters. The van der Waals surface area contributed by atoms with E-state index in [0.717, 1.165) is 34.2 Å². The Morgan fingerprint density at radius 1 is 1.05 bits per heavy atom. The molecule has 1 N–H and O–H groups in total. The van der Waals surface area contributed by atoms with Crippen LogP contribution in [0, 0.1) is 17.1 Å². The van der Waals surface area contributed by atoms with Crippen LogP contribution >= 0.6 is 11.6 Å². The molecule has 220 valence electrons. The van der Waals surface area contributed by atoms with Gasteiger partial charge in [-0.25, -0.2) is 8.78 Å². The summed E-state index contributed by atoms with van der Waals surface area (Å²) in [6.07, 6.45) is 2.33. The van der Waals surface area contributed by atoms with Crippen molar-refractivity contribution in [1.29, 1.82) is 5.26 Å². The van der Waals surface area contributed by atoms with Gasteiger partial charge in [0.05, 0.1) is 16.7 Å². The number of aliphatic hydroxyl groups excluding tert-OH is 1. The van der Waals surface area contributed by atoms with Crippen LogP contribution in [0.1, 0.15) is 46.8 Å². The molecule has 2 aliphatic rings. The third-order valence-electron chi connectivity index (χ3n) is 8.07. The normalized spacial score (nSPS) is 19.9. The molecular formula is C34H30ClF2N3O3. The van der Waals surface area contributed by atoms with Crippen molar-refractivity contribution >= 4 is 11.6 Å². The number of benzene rings is 3. The fourth-order valence-electron chi connectivity index (χ4n) is 5.88. The first-order valence-electron chi connectivity index (χ1n) is 14.3. The highest BCUT2D eigenvalue weighted by atomic mass is 35.5. The number of hydrogen-bond acceptors (Lipinski definition) is 6. The van der Waals surface area contributed by atoms with Crippen LogP contribution in [0.15, 0.2) is 73.1 Å². The number of aliphatic hydroxyl groups is 1. The molecule has 3 aromatic carbocycles. The van der Waals surface area contributed by atoms with Gasteiger partial charge < -0.3 is 14.6 Å². The lowest BCUT2D eigenvalue weighted by Gasteiger charge is -2.32. The maximum absolute atomic E-state index is 14.7. The summed E-state index contributed by atoms with van der Waals surface area (Å²) < 4.78 is 41.7. The Bertz CT molecular complexity index is 1680. The van der Waals surface area contributed by atoms with Crippen molar-refractivity contribution in [3.63, 3.8) is 0 Å². The van der Waals surface area contributed by atoms with Crippen LogP contribution in [0.5, 0.6) is 11.5 Å². The number of rotatable bonds is 8. The molecule has 0 amide bonds. The quantitative estimate of drug-likeness (QED) is 0.235. The Morgan fingerprint density at radius 2 is 1.88 bits per heavy atom. The Labute approximate surface area is 254 Å². The Morgan fingerprint density at radius 3 is 2.70 bits per heavy atom. The average Bonchev–Trinajstić information content (AvgIpc) is 3.43. The standard InChI is InChI=1S/C34H30ClF2N3O3/c35-28-13-23(18-40-11-10-31(41)30(37)19-40)33(42-20-22-12-21(15-38)16-39-17-22)14-34(28)43-32-9-8-25-24(5-3-6-27(25)32)26-4-1-2-7-29(26)36/h1-7,12-14,16-17,30-32,41H,8-11,18-20H2/t30-,31+,32+/m1/s1. The molecule has 6 nitrogen and oxygen atoms in total. The predicted octanol–water partition coefficient (Wildman–Crippen LogP) is 6.96. The third-order valence-corrected chi connectivity index (χ3v) is 8.36. The van der Waals surface area contributed by atoms with Gasteiger partial charge in [0.2, 0.25) is 0 Å². The van der Waals surface area contributed by atoms with E-state index in [1.165, 1.54) is 12.3 Å². The van der Waals surface area contributed by atoms with Crippen LogP contribution in [0.4, 0.5) is 8.78 Å². The first-order chi connectivity index (χ1) is 20.9. The minimum Gasteiger partial charge on any atom is -0.488 e. The highest BCUT2D eigenvalue weighted by Gasteiger charge is 2.30. The van der Waals surface area contributed by atoms with Crippen LogP contribution in [0.3, 0.4) is 0 Å². The van der Waals surface area contributed by atoms with E-state index in [0.29, 0.717) is 53.6 Å². The van der Waals surface area contributed by atoms with Gasteiger partial charge in [-0.05, 0) is 54.2 Å². The van der Waals surface area contributed by atoms with Crippen molar-refractivity contribution in [2.24, 2.45) is 0 Å². The molecule has 1 aromatic heterocycles. The smallest absolute Gasteiger partial charge is 0.142 e. The van der Waals surface area contributed by atoms with Crippen molar-refractivity contribution in [2.45, 2.75) is 50.8 Å². The maximum atomic E-state index is 14.7. The zero-order chi connectivity index (χ0) is 29.9. The van der Waals surface area contributed by atoms with Crippen LogP contribution in [0.25, 0.3) is 11.1 Å². The van der Waals surface area contributed by atoms with Gasteiger partial charge in [0.1, 0.15) is 42.3 Å². The molecule has 43 heavy (non-hydrogen) atoms. The van der Waals surface area contributed by atoms with E-state index < -0.39 is 12.3 Å². The second-order valence-electron chi connectivity index (χ2n) is 11.0. The maximum Gasteiger partial charge on any atom is 0.142 e. The number of aromatic nitrogens is 1. The number of nitrogens with zero attached hydrogens (tertiary/aromatic N) is 3. The van der Waals surface area contributed by atoms with E-state index in [2.05, 4.69) is 11.1 Å². The lowest BCUT2D eigenvalue weighted by atomic mass is 9.96. The molecule has 4 aromatic rings. The van der Waals surface area contributed by atoms with Gasteiger partial charge in [0.15, 0.2) is 0 Å². The number of alkyl halides is 1. The highest BCUT2D eigenvalue weighted by Crippen LogP contribution is 2.43. The molecule has 1 fully saturated rings. The second-order valence-corrected chi connectivity index (χ2v) is 11.4. The third kappa shape index (κ3) is 6.35. The number of ether oxygens (including phenoxy) is 2. The molecule has 6 rings (SSSR count). The molecule has 0 radical (unpaired) electrons. The zero-order valence-corrected chi connectivity index (χ0v) is 24.1. The van der Waals surface area contributed by atoms with Gasteiger partial charge in [-0.1, -0.05) is 48.0 Å². The fourth-order valence-corrected chi connectivity index (χ4v) is 6.11. The van der Waals surface area contributed by atoms with Crippen molar-refractivity contribution in [3.05, 3.63) is 112 Å². The lowest BCUT2D eigenvalue weighted by molar-refractivity contribution is 0.00368. The van der Waals surface area contributed by atoms with Crippen LogP contribution < -0.4 is 9.47 Å². The Kier molecular flexibility index (Phi) is 8.57. The van der Waals surface area contributed by atoms with Crippen LogP contribution in [-0.4, -0.2) is 40.4 Å². The summed E-state index contributed by atoms with van der Waals surface area (Å²) in [5.74, 6) is 0.691. The largest absolute Gasteiger partial charge is 0.488 e. The minimum absolute atomic E-state index is 0.105. The molecule has 1 aliphatic carbocycles. The predicted molar refractivity (Wildman–Crippen MR) is 159 cm³/mol. The van der Waals surface area contributed by atoms with Crippen molar-refractivity contribution in [3.8, 4) is 28.7 Å². The topological polar surface area (TPSA) is 78.6 Å². The van der Waals surface area contributed by atoms with Gasteiger partial charge in [-0.2, -0.15) is 5.26 Å². The molecule has 2 heterocycles. The van der Waals surface area contributed by atoms with Gasteiger partial charge in [-0.15, -0.1) is 0 Å². The SMILES string of the molecule is N#Cc1cncc(COc2cc(O[C@H]3CCc4c(-c5ccccc5F)cccc43)c(Cl)cc2CN2CC[C@H](O)[C@H](F)C2)c1. The van der Waals surface area contributed by atoms with Crippen LogP contribution in [0.2, 0.25) is 5.02 Å². The average molecular weight is 602 g/mol. The summed E-state index contributed by atoms with van der Waals surface area (Å²) in [7, 11) is 0. The monoisotopic (exact) mass is 601 g/mol. The van der Waals surface area contributed by atoms with Gasteiger partial charge in [0, 0.05) is 54.8 Å². The van der Waals surface area contributed by atoms with Gasteiger partial charge >= 0.3 is 0 Å². The number of pyridine rings is 1. The first kappa shape index (κ1) is 29.1. The summed E-state index contributed by atoms with van der Waals surface area (Å²) in [5, 5.41) is 19.5. The van der Waals surface area contributed by atoms with E-state index in [4.69, 9.17) is 21.1 Å². The van der Waals surface area contributed by atoms with Crippen molar-refractivity contribution < 1.29 is 23.4 Å². The zero-order valence-electron chi connectivity index (χ0n) is 23.3. The highest BCUT2D eigenvalue weighted by molar-refractivity contribution is 6.32. The Hall–Kier alpha value is -4.03. The molecule has 0 saturated carbocycles. The molecule has 1 saturated heterocycles. The van der Waals surface area contributed by atoms with E-state index in [1.807, 2.05) is 29.2 Å². The molecular weight excluding hydrogens is 572 g/mol. The number of fused-ring (bicyclic) bond motifs is 1. The molecule has 1 aliphatic heterocycles. The number of nitriles is 1. The number of halogens is 3. The van der Waals surface area contributed by atoms with E-state index in [1.54, 1.807) is 36.5 Å².